The molecule has 0 aliphatic carbocycles. The first kappa shape index (κ1) is 15.7. The van der Waals surface area contributed by atoms with E-state index < -0.39 is 0 Å². The Morgan fingerprint density at radius 2 is 2.05 bits per heavy atom. The minimum atomic E-state index is -0.114. The van der Waals surface area contributed by atoms with Gasteiger partial charge in [-0.2, -0.15) is 0 Å². The van der Waals surface area contributed by atoms with Crippen molar-refractivity contribution in [1.29, 1.82) is 0 Å². The molecule has 7 nitrogen and oxygen atoms in total. The number of aryl methyl sites for hydroxylation is 1. The topological polar surface area (TPSA) is 81.4 Å². The summed E-state index contributed by atoms with van der Waals surface area (Å²) in [6.45, 7) is 9.31. The van der Waals surface area contributed by atoms with E-state index in [-0.39, 0.29) is 5.41 Å². The van der Waals surface area contributed by atoms with E-state index in [1.54, 1.807) is 4.68 Å². The molecule has 8 heteroatoms. The van der Waals surface area contributed by atoms with Crippen LogP contribution >= 0.6 is 11.8 Å². The molecule has 0 atom stereocenters. The molecule has 0 unspecified atom stereocenters. The third-order valence-corrected chi connectivity index (χ3v) is 3.65. The number of aromatic nitrogens is 6. The van der Waals surface area contributed by atoms with Gasteiger partial charge in [-0.25, -0.2) is 14.6 Å². The predicted octanol–water partition coefficient (Wildman–Crippen LogP) is 2.27. The standard InChI is InChI=1S/C13H21N7S/c1-6-7-14-9-8-10(16-11(15-9)13(2,3)4)21-12-17-18-19-20(12)5/h8H,6-7H2,1-5H3,(H,14,15,16). The first-order chi connectivity index (χ1) is 9.90. The van der Waals surface area contributed by atoms with Crippen LogP contribution in [0.5, 0.6) is 0 Å². The molecule has 2 aromatic heterocycles. The smallest absolute Gasteiger partial charge is 0.215 e. The first-order valence-corrected chi connectivity index (χ1v) is 7.75. The van der Waals surface area contributed by atoms with Crippen LogP contribution in [0.3, 0.4) is 0 Å². The summed E-state index contributed by atoms with van der Waals surface area (Å²) in [6.07, 6.45) is 1.05. The lowest BCUT2D eigenvalue weighted by Gasteiger charge is -2.18. The monoisotopic (exact) mass is 307 g/mol. The fraction of sp³-hybridized carbons (Fsp3) is 0.615. The van der Waals surface area contributed by atoms with Crippen molar-refractivity contribution in [2.45, 2.75) is 49.7 Å². The van der Waals surface area contributed by atoms with Gasteiger partial charge in [-0.1, -0.05) is 27.7 Å². The zero-order valence-electron chi connectivity index (χ0n) is 13.1. The van der Waals surface area contributed by atoms with Crippen molar-refractivity contribution in [3.63, 3.8) is 0 Å². The van der Waals surface area contributed by atoms with Crippen LogP contribution in [-0.2, 0) is 12.5 Å². The van der Waals surface area contributed by atoms with E-state index in [0.717, 1.165) is 29.6 Å². The van der Waals surface area contributed by atoms with Crippen molar-refractivity contribution in [2.75, 3.05) is 11.9 Å². The molecule has 0 bridgehead atoms. The minimum Gasteiger partial charge on any atom is -0.370 e. The Morgan fingerprint density at radius 3 is 2.62 bits per heavy atom. The van der Waals surface area contributed by atoms with Crippen LogP contribution in [0.4, 0.5) is 5.82 Å². The van der Waals surface area contributed by atoms with Crippen molar-refractivity contribution >= 4 is 17.6 Å². The molecule has 0 fully saturated rings. The van der Waals surface area contributed by atoms with Crippen LogP contribution in [-0.4, -0.2) is 36.7 Å². The third kappa shape index (κ3) is 4.13. The van der Waals surface area contributed by atoms with Crippen LogP contribution in [0, 0.1) is 0 Å². The lowest BCUT2D eigenvalue weighted by atomic mass is 9.96. The zero-order chi connectivity index (χ0) is 15.5. The number of anilines is 1. The SMILES string of the molecule is CCCNc1cc(Sc2nnnn2C)nc(C(C)(C)C)n1. The third-order valence-electron chi connectivity index (χ3n) is 2.71. The van der Waals surface area contributed by atoms with Gasteiger partial charge < -0.3 is 5.32 Å². The highest BCUT2D eigenvalue weighted by molar-refractivity contribution is 7.99. The van der Waals surface area contributed by atoms with Crippen molar-refractivity contribution < 1.29 is 0 Å². The van der Waals surface area contributed by atoms with Gasteiger partial charge >= 0.3 is 0 Å². The predicted molar refractivity (Wildman–Crippen MR) is 82.4 cm³/mol. The maximum atomic E-state index is 4.63. The van der Waals surface area contributed by atoms with Gasteiger partial charge in [-0.15, -0.1) is 5.10 Å². The Balaban J connectivity index is 2.33. The summed E-state index contributed by atoms with van der Waals surface area (Å²) in [5, 5.41) is 16.3. The van der Waals surface area contributed by atoms with Crippen LogP contribution in [0.1, 0.15) is 39.9 Å². The number of nitrogens with zero attached hydrogens (tertiary/aromatic N) is 6. The summed E-state index contributed by atoms with van der Waals surface area (Å²) < 4.78 is 1.63. The molecule has 2 aromatic rings. The number of hydrogen-bond donors (Lipinski definition) is 1. The second-order valence-electron chi connectivity index (χ2n) is 5.78. The highest BCUT2D eigenvalue weighted by atomic mass is 32.2. The highest BCUT2D eigenvalue weighted by Crippen LogP contribution is 2.28. The second kappa shape index (κ2) is 6.38. The van der Waals surface area contributed by atoms with Gasteiger partial charge in [0.1, 0.15) is 16.7 Å². The van der Waals surface area contributed by atoms with Gasteiger partial charge in [0, 0.05) is 25.1 Å². The van der Waals surface area contributed by atoms with Gasteiger partial charge in [0.2, 0.25) is 5.16 Å². The van der Waals surface area contributed by atoms with Crippen LogP contribution in [0.25, 0.3) is 0 Å². The quantitative estimate of drug-likeness (QED) is 0.848. The highest BCUT2D eigenvalue weighted by Gasteiger charge is 2.20. The lowest BCUT2D eigenvalue weighted by molar-refractivity contribution is 0.539. The summed E-state index contributed by atoms with van der Waals surface area (Å²) in [6, 6.07) is 1.93. The average molecular weight is 307 g/mol. The molecule has 2 heterocycles. The van der Waals surface area contributed by atoms with Crippen LogP contribution < -0.4 is 5.32 Å². The van der Waals surface area contributed by atoms with E-state index in [9.17, 15) is 0 Å². The summed E-state index contributed by atoms with van der Waals surface area (Å²) in [7, 11) is 1.81. The maximum Gasteiger partial charge on any atom is 0.215 e. The normalized spacial score (nSPS) is 11.7. The van der Waals surface area contributed by atoms with E-state index in [1.807, 2.05) is 13.1 Å². The fourth-order valence-corrected chi connectivity index (χ4v) is 2.29. The molecule has 0 amide bonds. The summed E-state index contributed by atoms with van der Waals surface area (Å²) in [5.41, 5.74) is -0.114. The molecular weight excluding hydrogens is 286 g/mol. The lowest BCUT2D eigenvalue weighted by Crippen LogP contribution is -2.18. The number of tetrazole rings is 1. The van der Waals surface area contributed by atoms with E-state index >= 15 is 0 Å². The molecule has 2 rings (SSSR count). The molecule has 0 spiro atoms. The molecule has 114 valence electrons. The molecule has 21 heavy (non-hydrogen) atoms. The van der Waals surface area contributed by atoms with Crippen LogP contribution in [0.2, 0.25) is 0 Å². The largest absolute Gasteiger partial charge is 0.370 e. The number of nitrogens with one attached hydrogen (secondary N) is 1. The van der Waals surface area contributed by atoms with E-state index in [0.29, 0.717) is 5.16 Å². The van der Waals surface area contributed by atoms with Gasteiger partial charge in [-0.3, -0.25) is 0 Å². The van der Waals surface area contributed by atoms with Crippen molar-refractivity contribution in [3.8, 4) is 0 Å². The molecule has 0 aromatic carbocycles. The summed E-state index contributed by atoms with van der Waals surface area (Å²) >= 11 is 1.43. The van der Waals surface area contributed by atoms with Crippen molar-refractivity contribution in [3.05, 3.63) is 11.9 Å². The molecule has 0 aliphatic heterocycles. The van der Waals surface area contributed by atoms with Gasteiger partial charge in [0.15, 0.2) is 0 Å². The average Bonchev–Trinajstić information content (AvgIpc) is 2.81. The van der Waals surface area contributed by atoms with Gasteiger partial charge in [0.25, 0.3) is 0 Å². The minimum absolute atomic E-state index is 0.114. The van der Waals surface area contributed by atoms with Gasteiger partial charge in [0.05, 0.1) is 0 Å². The Hall–Kier alpha value is -1.70. The van der Waals surface area contributed by atoms with Gasteiger partial charge in [-0.05, 0) is 28.6 Å². The second-order valence-corrected chi connectivity index (χ2v) is 6.77. The van der Waals surface area contributed by atoms with Crippen molar-refractivity contribution in [2.24, 2.45) is 7.05 Å². The first-order valence-electron chi connectivity index (χ1n) is 6.94. The Labute approximate surface area is 129 Å². The van der Waals surface area contributed by atoms with E-state index in [4.69, 9.17) is 0 Å². The zero-order valence-corrected chi connectivity index (χ0v) is 13.9. The van der Waals surface area contributed by atoms with Crippen LogP contribution in [0.15, 0.2) is 16.2 Å². The summed E-state index contributed by atoms with van der Waals surface area (Å²) in [5.74, 6) is 1.65. The molecule has 0 aliphatic rings. The Kier molecular flexibility index (Phi) is 4.76. The van der Waals surface area contributed by atoms with Crippen molar-refractivity contribution in [1.82, 2.24) is 30.2 Å². The number of rotatable bonds is 5. The maximum absolute atomic E-state index is 4.63. The fourth-order valence-electron chi connectivity index (χ4n) is 1.56. The molecule has 0 radical (unpaired) electrons. The molecule has 0 saturated heterocycles. The van der Waals surface area contributed by atoms with E-state index in [1.165, 1.54) is 11.8 Å². The van der Waals surface area contributed by atoms with E-state index in [2.05, 4.69) is 58.5 Å². The molecule has 0 saturated carbocycles. The summed E-state index contributed by atoms with van der Waals surface area (Å²) in [4.78, 5) is 9.23. The Morgan fingerprint density at radius 1 is 1.29 bits per heavy atom. The molecular formula is C13H21N7S. The molecule has 1 N–H and O–H groups in total. The Bertz CT molecular complexity index is 603. The number of hydrogen-bond acceptors (Lipinski definition) is 7.